The van der Waals surface area contributed by atoms with Gasteiger partial charge < -0.3 is 37.3 Å². The Morgan fingerprint density at radius 2 is 1.09 bits per heavy atom. The summed E-state index contributed by atoms with van der Waals surface area (Å²) in [4.78, 5) is 89.9. The van der Waals surface area contributed by atoms with E-state index in [9.17, 15) is 28.8 Å². The summed E-state index contributed by atoms with van der Waals surface area (Å²) in [6.45, 7) is 12.7. The second kappa shape index (κ2) is 15.7. The highest BCUT2D eigenvalue weighted by atomic mass is 16.6. The number of amides is 4. The summed E-state index contributed by atoms with van der Waals surface area (Å²) in [5, 5.41) is 0. The molecule has 3 heterocycles. The normalized spacial score (nSPS) is 30.5. The zero-order chi connectivity index (χ0) is 46.3. The van der Waals surface area contributed by atoms with Gasteiger partial charge in [-0.1, -0.05) is 95.3 Å². The fourth-order valence-electron chi connectivity index (χ4n) is 13.3. The lowest BCUT2D eigenvalue weighted by Crippen LogP contribution is -2.78. The second-order valence-corrected chi connectivity index (χ2v) is 19.8. The summed E-state index contributed by atoms with van der Waals surface area (Å²) in [7, 11) is 0. The number of likely N-dealkylation sites (tertiary alicyclic amines) is 2. The van der Waals surface area contributed by atoms with Gasteiger partial charge in [-0.05, 0) is 104 Å². The maximum absolute atomic E-state index is 14.9. The minimum atomic E-state index is -2.18. The average molecular weight is 876 g/mol. The minimum absolute atomic E-state index is 0.164. The van der Waals surface area contributed by atoms with Crippen LogP contribution in [0.4, 0.5) is 15.3 Å². The van der Waals surface area contributed by atoms with Gasteiger partial charge in [-0.15, -0.1) is 0 Å². The van der Waals surface area contributed by atoms with Gasteiger partial charge in [0, 0.05) is 47.7 Å². The first-order valence-corrected chi connectivity index (χ1v) is 22.4. The molecule has 0 spiro atoms. The summed E-state index contributed by atoms with van der Waals surface area (Å²) >= 11 is 0. The van der Waals surface area contributed by atoms with E-state index in [0.29, 0.717) is 43.2 Å². The summed E-state index contributed by atoms with van der Waals surface area (Å²) in [5.74, 6) is -4.09. The van der Waals surface area contributed by atoms with Crippen molar-refractivity contribution in [2.75, 3.05) is 18.0 Å². The van der Waals surface area contributed by atoms with Crippen LogP contribution in [0.25, 0.3) is 0 Å². The summed E-state index contributed by atoms with van der Waals surface area (Å²) in [6.07, 6.45) is 0.690. The van der Waals surface area contributed by atoms with Crippen LogP contribution in [0.1, 0.15) is 107 Å². The Balaban J connectivity index is 1.32. The molecule has 6 unspecified atom stereocenters. The van der Waals surface area contributed by atoms with Gasteiger partial charge >= 0.3 is 24.1 Å². The maximum Gasteiger partial charge on any atom is 0.412 e. The van der Waals surface area contributed by atoms with Crippen molar-refractivity contribution in [1.29, 1.82) is 0 Å². The van der Waals surface area contributed by atoms with Gasteiger partial charge in [0.2, 0.25) is 11.1 Å². The molecule has 64 heavy (non-hydrogen) atoms. The SMILES string of the molecule is CC(C)c1ccc(N2C(C3CCCN3[C@@](C(N)=O)(C(=O)OC(N)=O)C3(C)Cc4ccc3cc4)CC(C)[C@@]2(C)C2CCCN2[C@@](C(N)=O)(C(=O)OC(N)=O)C2(C)Cc3ccc2cc3)cc1. The van der Waals surface area contributed by atoms with Crippen molar-refractivity contribution in [3.05, 3.63) is 101 Å². The van der Waals surface area contributed by atoms with E-state index >= 15 is 0 Å². The standard InChI is InChI=1S/C49H61N7O8/c1-28(2)32-15-21-35(22-16-32)56-37(36-9-7-23-54(36)48(39(50)57,41(59)63-43(52)61)45(4)26-30-11-17-33(45)18-12-30)25-29(3)47(56,6)38-10-8-24-55(38)49(40(51)58,42(60)64-44(53)62)46(5)27-31-13-19-34(46)20-14-31/h11-22,28-29,36-38H,7-10,23-27H2,1-6H3,(H2,50,57)(H2,51,58)(H2,52,61)(H2,53,62)/t29?,36?,37?,38?,45?,46?,47-,48-,49-/m0/s1. The van der Waals surface area contributed by atoms with E-state index in [1.807, 2.05) is 72.2 Å². The second-order valence-electron chi connectivity index (χ2n) is 19.8. The van der Waals surface area contributed by atoms with E-state index in [1.165, 1.54) is 0 Å². The van der Waals surface area contributed by atoms with Crippen molar-refractivity contribution in [3.63, 3.8) is 0 Å². The predicted octanol–water partition coefficient (Wildman–Crippen LogP) is 4.43. The molecule has 8 N–H and O–H groups in total. The molecule has 4 bridgehead atoms. The molecule has 0 aromatic heterocycles. The van der Waals surface area contributed by atoms with Crippen molar-refractivity contribution < 1.29 is 38.2 Å². The van der Waals surface area contributed by atoms with Crippen LogP contribution in [-0.2, 0) is 52.3 Å². The highest BCUT2D eigenvalue weighted by molar-refractivity contribution is 6.12. The molecule has 7 aliphatic rings. The first-order valence-electron chi connectivity index (χ1n) is 22.4. The van der Waals surface area contributed by atoms with Gasteiger partial charge in [0.1, 0.15) is 0 Å². The van der Waals surface area contributed by atoms with Crippen molar-refractivity contribution in [3.8, 4) is 0 Å². The molecule has 340 valence electrons. The Labute approximate surface area is 374 Å². The summed E-state index contributed by atoms with van der Waals surface area (Å²) in [5.41, 5.74) is 21.5. The molecular formula is C49H61N7O8. The Hall–Kier alpha value is -5.80. The number of esters is 2. The quantitative estimate of drug-likeness (QED) is 0.147. The number of ether oxygens (including phenoxy) is 2. The highest BCUT2D eigenvalue weighted by Gasteiger charge is 2.72. The lowest BCUT2D eigenvalue weighted by Gasteiger charge is -2.58. The monoisotopic (exact) mass is 875 g/mol. The number of benzene rings is 3. The van der Waals surface area contributed by atoms with Crippen LogP contribution in [0.3, 0.4) is 0 Å². The van der Waals surface area contributed by atoms with Crippen molar-refractivity contribution in [2.45, 2.75) is 138 Å². The van der Waals surface area contributed by atoms with Crippen LogP contribution in [0.5, 0.6) is 0 Å². The number of carbonyl (C=O) groups is 6. The van der Waals surface area contributed by atoms with Crippen LogP contribution in [0.2, 0.25) is 0 Å². The van der Waals surface area contributed by atoms with Gasteiger partial charge in [0.25, 0.3) is 11.8 Å². The van der Waals surface area contributed by atoms with Crippen LogP contribution >= 0.6 is 0 Å². The van der Waals surface area contributed by atoms with Crippen LogP contribution in [0, 0.1) is 5.92 Å². The Morgan fingerprint density at radius 1 is 0.641 bits per heavy atom. The van der Waals surface area contributed by atoms with E-state index in [0.717, 1.165) is 22.4 Å². The summed E-state index contributed by atoms with van der Waals surface area (Å²) < 4.78 is 10.5. The molecule has 3 aliphatic heterocycles. The first-order chi connectivity index (χ1) is 30.2. The fraction of sp³-hybridized carbons (Fsp3) is 0.510. The van der Waals surface area contributed by atoms with Gasteiger partial charge in [-0.2, -0.15) is 0 Å². The number of nitrogens with two attached hydrogens (primary N) is 4. The van der Waals surface area contributed by atoms with Crippen molar-refractivity contribution in [1.82, 2.24) is 9.80 Å². The van der Waals surface area contributed by atoms with E-state index in [2.05, 4.69) is 56.9 Å². The number of carbonyl (C=O) groups excluding carboxylic acids is 6. The predicted molar refractivity (Wildman–Crippen MR) is 239 cm³/mol. The number of primary amides is 4. The molecule has 3 saturated heterocycles. The number of fused-ring (bicyclic) bond motifs is 6. The van der Waals surface area contributed by atoms with Crippen molar-refractivity contribution in [2.24, 2.45) is 28.9 Å². The molecule has 3 fully saturated rings. The van der Waals surface area contributed by atoms with Crippen LogP contribution in [-0.4, -0.2) is 93.6 Å². The molecule has 3 aromatic rings. The van der Waals surface area contributed by atoms with Gasteiger partial charge in [-0.3, -0.25) is 19.4 Å². The van der Waals surface area contributed by atoms with E-state index < -0.39 is 81.5 Å². The third-order valence-corrected chi connectivity index (χ3v) is 16.4. The number of hydrogen-bond acceptors (Lipinski definition) is 11. The molecule has 9 atom stereocenters. The largest absolute Gasteiger partial charge is 0.412 e. The minimum Gasteiger partial charge on any atom is -0.375 e. The molecule has 15 nitrogen and oxygen atoms in total. The van der Waals surface area contributed by atoms with E-state index in [-0.39, 0.29) is 37.8 Å². The number of hydrogen-bond donors (Lipinski definition) is 4. The van der Waals surface area contributed by atoms with Gasteiger partial charge in [-0.25, -0.2) is 19.2 Å². The Morgan fingerprint density at radius 3 is 1.52 bits per heavy atom. The first kappa shape index (κ1) is 44.8. The highest BCUT2D eigenvalue weighted by Crippen LogP contribution is 2.57. The van der Waals surface area contributed by atoms with Crippen LogP contribution in [0.15, 0.2) is 72.8 Å². The van der Waals surface area contributed by atoms with Gasteiger partial charge in [0.15, 0.2) is 0 Å². The number of rotatable bonds is 12. The third kappa shape index (κ3) is 6.20. The Kier molecular flexibility index (Phi) is 11.0. The van der Waals surface area contributed by atoms with E-state index in [1.54, 1.807) is 0 Å². The third-order valence-electron chi connectivity index (χ3n) is 16.4. The molecule has 10 rings (SSSR count). The Bertz CT molecular complexity index is 2390. The molecule has 0 saturated carbocycles. The molecule has 4 amide bonds. The molecule has 0 radical (unpaired) electrons. The molecule has 15 heteroatoms. The van der Waals surface area contributed by atoms with Crippen LogP contribution < -0.4 is 27.8 Å². The molecular weight excluding hydrogens is 815 g/mol. The number of anilines is 1. The van der Waals surface area contributed by atoms with Crippen molar-refractivity contribution >= 4 is 41.6 Å². The summed E-state index contributed by atoms with van der Waals surface area (Å²) in [6, 6.07) is 22.1. The lowest BCUT2D eigenvalue weighted by molar-refractivity contribution is -0.167. The smallest absolute Gasteiger partial charge is 0.375 e. The molecule has 3 aromatic carbocycles. The maximum atomic E-state index is 14.9. The fourth-order valence-corrected chi connectivity index (χ4v) is 13.3. The average Bonchev–Trinajstić information content (AvgIpc) is 3.97. The molecule has 4 aliphatic carbocycles. The lowest BCUT2D eigenvalue weighted by atomic mass is 9.58. The topological polar surface area (TPSA) is 235 Å². The number of nitrogens with zero attached hydrogens (tertiary/aromatic N) is 3. The van der Waals surface area contributed by atoms with E-state index in [4.69, 9.17) is 32.4 Å². The van der Waals surface area contributed by atoms with Gasteiger partial charge in [0.05, 0.1) is 5.54 Å². The zero-order valence-electron chi connectivity index (χ0n) is 37.6. The zero-order valence-corrected chi connectivity index (χ0v) is 37.6.